The van der Waals surface area contributed by atoms with Gasteiger partial charge in [0, 0.05) is 30.9 Å². The molecule has 0 unspecified atom stereocenters. The molecule has 0 spiro atoms. The molecule has 9 nitrogen and oxygen atoms in total. The number of nitrogens with zero attached hydrogens (tertiary/aromatic N) is 2. The van der Waals surface area contributed by atoms with Crippen molar-refractivity contribution < 1.29 is 21.6 Å². The first-order valence-electron chi connectivity index (χ1n) is 11.5. The fourth-order valence-corrected chi connectivity index (χ4v) is 6.71. The van der Waals surface area contributed by atoms with E-state index >= 15 is 0 Å². The lowest BCUT2D eigenvalue weighted by atomic mass is 9.97. The Morgan fingerprint density at radius 3 is 2.25 bits per heavy atom. The molecule has 11 heteroatoms. The van der Waals surface area contributed by atoms with E-state index in [-0.39, 0.29) is 41.4 Å². The maximum Gasteiger partial charge on any atom is 0.263 e. The van der Waals surface area contributed by atoms with E-state index in [0.717, 1.165) is 11.1 Å². The van der Waals surface area contributed by atoms with Crippen molar-refractivity contribution >= 4 is 37.5 Å². The summed E-state index contributed by atoms with van der Waals surface area (Å²) < 4.78 is 54.7. The standard InChI is InChI=1S/C25H28N4O5S2/c1-19-6-2-3-7-21(19)18-35(31,32)29-16-13-20(14-17-29)25(30)27-22-9-11-23(12-10-22)36(33,34)28-24-8-4-5-15-26-24/h2-12,15,20H,13-14,16-18H2,1H3,(H,26,28)(H,27,30). The van der Waals surface area contributed by atoms with Crippen LogP contribution in [0.1, 0.15) is 24.0 Å². The maximum absolute atomic E-state index is 12.9. The van der Waals surface area contributed by atoms with Crippen molar-refractivity contribution in [3.05, 3.63) is 84.1 Å². The smallest absolute Gasteiger partial charge is 0.263 e. The van der Waals surface area contributed by atoms with Crippen LogP contribution in [0.3, 0.4) is 0 Å². The van der Waals surface area contributed by atoms with Crippen LogP contribution in [0.5, 0.6) is 0 Å². The first kappa shape index (κ1) is 25.8. The number of aryl methyl sites for hydroxylation is 1. The molecule has 1 aromatic heterocycles. The van der Waals surface area contributed by atoms with Gasteiger partial charge in [0.15, 0.2) is 0 Å². The van der Waals surface area contributed by atoms with Gasteiger partial charge in [-0.25, -0.2) is 26.1 Å². The van der Waals surface area contributed by atoms with Gasteiger partial charge in [0.1, 0.15) is 5.82 Å². The second-order valence-corrected chi connectivity index (χ2v) is 12.3. The van der Waals surface area contributed by atoms with Crippen LogP contribution in [-0.4, -0.2) is 45.1 Å². The second kappa shape index (κ2) is 10.8. The van der Waals surface area contributed by atoms with Crippen LogP contribution in [0.15, 0.2) is 77.8 Å². The Kier molecular flexibility index (Phi) is 7.72. The van der Waals surface area contributed by atoms with Crippen molar-refractivity contribution in [2.24, 2.45) is 5.92 Å². The highest BCUT2D eigenvalue weighted by Gasteiger charge is 2.31. The summed E-state index contributed by atoms with van der Waals surface area (Å²) in [4.78, 5) is 16.8. The molecule has 1 amide bonds. The largest absolute Gasteiger partial charge is 0.326 e. The normalized spacial score (nSPS) is 15.4. The van der Waals surface area contributed by atoms with Crippen LogP contribution in [0, 0.1) is 12.8 Å². The highest BCUT2D eigenvalue weighted by molar-refractivity contribution is 7.92. The van der Waals surface area contributed by atoms with Crippen molar-refractivity contribution in [3.63, 3.8) is 0 Å². The maximum atomic E-state index is 12.9. The Hall–Kier alpha value is -3.28. The van der Waals surface area contributed by atoms with E-state index in [2.05, 4.69) is 15.0 Å². The molecule has 0 atom stereocenters. The Balaban J connectivity index is 1.31. The number of sulfonamides is 2. The fourth-order valence-electron chi connectivity index (χ4n) is 4.04. The summed E-state index contributed by atoms with van der Waals surface area (Å²) in [5, 5.41) is 2.81. The van der Waals surface area contributed by atoms with Crippen molar-refractivity contribution in [2.75, 3.05) is 23.1 Å². The molecule has 1 saturated heterocycles. The van der Waals surface area contributed by atoms with Crippen molar-refractivity contribution in [3.8, 4) is 0 Å². The SMILES string of the molecule is Cc1ccccc1CS(=O)(=O)N1CCC(C(=O)Nc2ccc(S(=O)(=O)Nc3ccccn3)cc2)CC1. The zero-order valence-corrected chi connectivity index (χ0v) is 21.4. The Bertz CT molecular complexity index is 1420. The minimum absolute atomic E-state index is 0.0401. The van der Waals surface area contributed by atoms with Gasteiger partial charge in [0.2, 0.25) is 15.9 Å². The molecule has 2 N–H and O–H groups in total. The number of carbonyl (C=O) groups excluding carboxylic acids is 1. The van der Waals surface area contributed by atoms with Crippen LogP contribution >= 0.6 is 0 Å². The number of aromatic nitrogens is 1. The third-order valence-corrected chi connectivity index (χ3v) is 9.35. The van der Waals surface area contributed by atoms with E-state index in [9.17, 15) is 21.6 Å². The molecule has 3 aromatic rings. The molecule has 0 saturated carbocycles. The lowest BCUT2D eigenvalue weighted by molar-refractivity contribution is -0.120. The summed E-state index contributed by atoms with van der Waals surface area (Å²) in [6.07, 6.45) is 2.32. The van der Waals surface area contributed by atoms with Crippen molar-refractivity contribution in [1.82, 2.24) is 9.29 Å². The molecule has 2 aromatic carbocycles. The molecule has 1 aliphatic heterocycles. The number of hydrogen-bond donors (Lipinski definition) is 2. The summed E-state index contributed by atoms with van der Waals surface area (Å²) in [5.41, 5.74) is 2.17. The van der Waals surface area contributed by atoms with Crippen LogP contribution in [0.25, 0.3) is 0 Å². The van der Waals surface area contributed by atoms with E-state index in [1.54, 1.807) is 18.2 Å². The van der Waals surface area contributed by atoms with Gasteiger partial charge < -0.3 is 5.32 Å². The van der Waals surface area contributed by atoms with Gasteiger partial charge in [-0.3, -0.25) is 9.52 Å². The average molecular weight is 529 g/mol. The number of benzene rings is 2. The average Bonchev–Trinajstić information content (AvgIpc) is 2.86. The van der Waals surface area contributed by atoms with E-state index in [1.165, 1.54) is 34.8 Å². The third-order valence-electron chi connectivity index (χ3n) is 6.15. The molecule has 1 aliphatic rings. The van der Waals surface area contributed by atoms with Gasteiger partial charge in [-0.1, -0.05) is 30.3 Å². The lowest BCUT2D eigenvalue weighted by Crippen LogP contribution is -2.41. The molecule has 4 rings (SSSR count). The summed E-state index contributed by atoms with van der Waals surface area (Å²) >= 11 is 0. The van der Waals surface area contributed by atoms with Crippen LogP contribution in [-0.2, 0) is 30.6 Å². The molecule has 0 radical (unpaired) electrons. The molecule has 190 valence electrons. The predicted octanol–water partition coefficient (Wildman–Crippen LogP) is 3.37. The van der Waals surface area contributed by atoms with E-state index in [0.29, 0.717) is 18.5 Å². The lowest BCUT2D eigenvalue weighted by Gasteiger charge is -2.30. The number of anilines is 2. The summed E-state index contributed by atoms with van der Waals surface area (Å²) in [7, 11) is -7.29. The Labute approximate surface area is 211 Å². The number of amides is 1. The van der Waals surface area contributed by atoms with Crippen molar-refractivity contribution in [2.45, 2.75) is 30.4 Å². The molecular weight excluding hydrogens is 500 g/mol. The summed E-state index contributed by atoms with van der Waals surface area (Å²) in [6.45, 7) is 2.45. The van der Waals surface area contributed by atoms with Gasteiger partial charge in [-0.2, -0.15) is 0 Å². The Morgan fingerprint density at radius 2 is 1.61 bits per heavy atom. The molecule has 1 fully saturated rings. The van der Waals surface area contributed by atoms with Gasteiger partial charge in [-0.15, -0.1) is 0 Å². The highest BCUT2D eigenvalue weighted by atomic mass is 32.2. The van der Waals surface area contributed by atoms with Gasteiger partial charge in [-0.05, 0) is 67.3 Å². The van der Waals surface area contributed by atoms with Gasteiger partial charge in [0.05, 0.1) is 10.6 Å². The molecule has 0 bridgehead atoms. The molecular formula is C25H28N4O5S2. The van der Waals surface area contributed by atoms with Crippen LogP contribution in [0.2, 0.25) is 0 Å². The first-order valence-corrected chi connectivity index (χ1v) is 14.6. The second-order valence-electron chi connectivity index (χ2n) is 8.69. The van der Waals surface area contributed by atoms with Gasteiger partial charge in [0.25, 0.3) is 10.0 Å². The zero-order chi connectivity index (χ0) is 25.8. The minimum atomic E-state index is -3.81. The van der Waals surface area contributed by atoms with E-state index < -0.39 is 20.0 Å². The molecule has 2 heterocycles. The van der Waals surface area contributed by atoms with E-state index in [4.69, 9.17) is 0 Å². The zero-order valence-electron chi connectivity index (χ0n) is 19.8. The number of carbonyl (C=O) groups is 1. The summed E-state index contributed by atoms with van der Waals surface area (Å²) in [6, 6.07) is 18.2. The monoisotopic (exact) mass is 528 g/mol. The fraction of sp³-hybridized carbons (Fsp3) is 0.280. The quantitative estimate of drug-likeness (QED) is 0.462. The van der Waals surface area contributed by atoms with E-state index in [1.807, 2.05) is 31.2 Å². The van der Waals surface area contributed by atoms with Crippen molar-refractivity contribution in [1.29, 1.82) is 0 Å². The number of rotatable bonds is 8. The number of piperidine rings is 1. The topological polar surface area (TPSA) is 126 Å². The number of pyridine rings is 1. The minimum Gasteiger partial charge on any atom is -0.326 e. The van der Waals surface area contributed by atoms with Gasteiger partial charge >= 0.3 is 0 Å². The number of hydrogen-bond acceptors (Lipinski definition) is 6. The molecule has 36 heavy (non-hydrogen) atoms. The van der Waals surface area contributed by atoms with Crippen LogP contribution < -0.4 is 10.0 Å². The Morgan fingerprint density at radius 1 is 0.944 bits per heavy atom. The van der Waals surface area contributed by atoms with Crippen LogP contribution in [0.4, 0.5) is 11.5 Å². The molecule has 0 aliphatic carbocycles. The summed E-state index contributed by atoms with van der Waals surface area (Å²) in [5.74, 6) is -0.388. The third kappa shape index (κ3) is 6.28. The first-order chi connectivity index (χ1) is 17.1. The predicted molar refractivity (Wildman–Crippen MR) is 138 cm³/mol. The number of nitrogens with one attached hydrogen (secondary N) is 2. The highest BCUT2D eigenvalue weighted by Crippen LogP contribution is 2.24.